The second-order valence-corrected chi connectivity index (χ2v) is 5.69. The summed E-state index contributed by atoms with van der Waals surface area (Å²) in [5.74, 6) is 0.0872. The molecule has 1 aliphatic heterocycles. The summed E-state index contributed by atoms with van der Waals surface area (Å²) < 4.78 is 4.71. The van der Waals surface area contributed by atoms with Crippen LogP contribution in [0.4, 0.5) is 0 Å². The highest BCUT2D eigenvalue weighted by molar-refractivity contribution is 5.86. The Kier molecular flexibility index (Phi) is 4.80. The Balaban J connectivity index is 2.15. The molecular formula is C14H24N2O3. The third kappa shape index (κ3) is 3.26. The summed E-state index contributed by atoms with van der Waals surface area (Å²) in [6, 6.07) is -0.293. The Bertz CT molecular complexity index is 340. The molecule has 1 aliphatic carbocycles. The quantitative estimate of drug-likeness (QED) is 0.777. The minimum absolute atomic E-state index is 0.0458. The third-order valence-electron chi connectivity index (χ3n) is 4.49. The van der Waals surface area contributed by atoms with Crippen LogP contribution in [0.25, 0.3) is 0 Å². The van der Waals surface area contributed by atoms with Gasteiger partial charge < -0.3 is 15.4 Å². The number of carbonyl (C=O) groups excluding carboxylic acids is 2. The lowest BCUT2D eigenvalue weighted by molar-refractivity contribution is -0.149. The van der Waals surface area contributed by atoms with E-state index in [1.165, 1.54) is 20.0 Å². The van der Waals surface area contributed by atoms with Crippen molar-refractivity contribution in [1.29, 1.82) is 0 Å². The van der Waals surface area contributed by atoms with Gasteiger partial charge in [-0.05, 0) is 38.0 Å². The molecule has 2 aliphatic rings. The summed E-state index contributed by atoms with van der Waals surface area (Å²) in [6.45, 7) is 0.0458. The van der Waals surface area contributed by atoms with Crippen LogP contribution in [0.3, 0.4) is 0 Å². The van der Waals surface area contributed by atoms with E-state index in [-0.39, 0.29) is 24.5 Å². The molecule has 2 atom stereocenters. The van der Waals surface area contributed by atoms with Crippen LogP contribution in [0.15, 0.2) is 0 Å². The second-order valence-electron chi connectivity index (χ2n) is 5.69. The lowest BCUT2D eigenvalue weighted by Gasteiger charge is -2.34. The summed E-state index contributed by atoms with van der Waals surface area (Å²) >= 11 is 0. The van der Waals surface area contributed by atoms with E-state index in [2.05, 4.69) is 0 Å². The maximum atomic E-state index is 12.4. The number of amides is 1. The Hall–Kier alpha value is -1.10. The van der Waals surface area contributed by atoms with Gasteiger partial charge >= 0.3 is 5.97 Å². The second kappa shape index (κ2) is 6.37. The van der Waals surface area contributed by atoms with Crippen LogP contribution >= 0.6 is 0 Å². The lowest BCUT2D eigenvalue weighted by atomic mass is 9.93. The van der Waals surface area contributed by atoms with E-state index in [1.807, 2.05) is 0 Å². The summed E-state index contributed by atoms with van der Waals surface area (Å²) in [7, 11) is 1.36. The van der Waals surface area contributed by atoms with Crippen molar-refractivity contribution in [2.45, 2.75) is 57.0 Å². The van der Waals surface area contributed by atoms with Gasteiger partial charge in [-0.15, -0.1) is 0 Å². The van der Waals surface area contributed by atoms with E-state index in [1.54, 1.807) is 4.90 Å². The Morgan fingerprint density at radius 1 is 1.26 bits per heavy atom. The number of nitrogens with two attached hydrogens (primary N) is 1. The van der Waals surface area contributed by atoms with Gasteiger partial charge in [-0.3, -0.25) is 9.59 Å². The first-order valence-electron chi connectivity index (χ1n) is 7.26. The number of hydrogen-bond acceptors (Lipinski definition) is 4. The van der Waals surface area contributed by atoms with E-state index in [0.29, 0.717) is 5.92 Å². The van der Waals surface area contributed by atoms with Gasteiger partial charge in [-0.2, -0.15) is 0 Å². The molecule has 1 saturated carbocycles. The molecule has 108 valence electrons. The summed E-state index contributed by atoms with van der Waals surface area (Å²) in [5.41, 5.74) is 5.90. The SMILES string of the molecule is COC(=O)CN1C(=O)[C@@H](N)CCC[C@@H]1C1CCCC1. The van der Waals surface area contributed by atoms with Gasteiger partial charge in [-0.1, -0.05) is 12.8 Å². The first-order valence-corrected chi connectivity index (χ1v) is 7.26. The molecule has 0 aromatic rings. The highest BCUT2D eigenvalue weighted by Gasteiger charge is 2.37. The van der Waals surface area contributed by atoms with Crippen LogP contribution < -0.4 is 5.73 Å². The third-order valence-corrected chi connectivity index (χ3v) is 4.49. The molecule has 0 aromatic carbocycles. The van der Waals surface area contributed by atoms with Gasteiger partial charge in [0.1, 0.15) is 6.54 Å². The maximum Gasteiger partial charge on any atom is 0.325 e. The fourth-order valence-corrected chi connectivity index (χ4v) is 3.43. The van der Waals surface area contributed by atoms with Crippen LogP contribution in [-0.2, 0) is 14.3 Å². The van der Waals surface area contributed by atoms with E-state index in [0.717, 1.165) is 32.1 Å². The zero-order valence-corrected chi connectivity index (χ0v) is 11.6. The lowest BCUT2D eigenvalue weighted by Crippen LogP contribution is -2.50. The molecule has 2 fully saturated rings. The summed E-state index contributed by atoms with van der Waals surface area (Å²) in [6.07, 6.45) is 7.42. The average molecular weight is 268 g/mol. The van der Waals surface area contributed by atoms with E-state index in [4.69, 9.17) is 10.5 Å². The Labute approximate surface area is 114 Å². The molecule has 0 unspecified atom stereocenters. The fourth-order valence-electron chi connectivity index (χ4n) is 3.43. The van der Waals surface area contributed by atoms with Gasteiger partial charge in [0.2, 0.25) is 5.91 Å². The van der Waals surface area contributed by atoms with Gasteiger partial charge in [0.15, 0.2) is 0 Å². The van der Waals surface area contributed by atoms with Crippen LogP contribution in [0.2, 0.25) is 0 Å². The average Bonchev–Trinajstić information content (AvgIpc) is 2.89. The van der Waals surface area contributed by atoms with E-state index < -0.39 is 6.04 Å². The molecule has 5 heteroatoms. The number of esters is 1. The van der Waals surface area contributed by atoms with E-state index in [9.17, 15) is 9.59 Å². The van der Waals surface area contributed by atoms with Crippen molar-refractivity contribution >= 4 is 11.9 Å². The fraction of sp³-hybridized carbons (Fsp3) is 0.857. The number of hydrogen-bond donors (Lipinski definition) is 1. The highest BCUT2D eigenvalue weighted by Crippen LogP contribution is 2.34. The van der Waals surface area contributed by atoms with Crippen molar-refractivity contribution < 1.29 is 14.3 Å². The zero-order chi connectivity index (χ0) is 13.8. The molecule has 1 saturated heterocycles. The van der Waals surface area contributed by atoms with Crippen molar-refractivity contribution in [1.82, 2.24) is 4.90 Å². The topological polar surface area (TPSA) is 72.6 Å². The van der Waals surface area contributed by atoms with Crippen molar-refractivity contribution in [3.05, 3.63) is 0 Å². The van der Waals surface area contributed by atoms with Crippen LogP contribution in [0.5, 0.6) is 0 Å². The minimum atomic E-state index is -0.462. The largest absolute Gasteiger partial charge is 0.468 e. The molecule has 2 N–H and O–H groups in total. The Morgan fingerprint density at radius 3 is 2.58 bits per heavy atom. The van der Waals surface area contributed by atoms with Gasteiger partial charge in [0, 0.05) is 6.04 Å². The number of methoxy groups -OCH3 is 1. The summed E-state index contributed by atoms with van der Waals surface area (Å²) in [5, 5.41) is 0. The van der Waals surface area contributed by atoms with Crippen LogP contribution in [0.1, 0.15) is 44.9 Å². The number of rotatable bonds is 3. The van der Waals surface area contributed by atoms with Crippen LogP contribution in [-0.4, -0.2) is 42.5 Å². The van der Waals surface area contributed by atoms with Crippen molar-refractivity contribution in [3.8, 4) is 0 Å². The molecule has 0 aromatic heterocycles. The first-order chi connectivity index (χ1) is 9.13. The molecule has 1 heterocycles. The maximum absolute atomic E-state index is 12.4. The first kappa shape index (κ1) is 14.3. The molecular weight excluding hydrogens is 244 g/mol. The number of ether oxygens (including phenoxy) is 1. The zero-order valence-electron chi connectivity index (χ0n) is 11.6. The molecule has 19 heavy (non-hydrogen) atoms. The van der Waals surface area contributed by atoms with Crippen molar-refractivity contribution in [3.63, 3.8) is 0 Å². The molecule has 0 spiro atoms. The Morgan fingerprint density at radius 2 is 1.95 bits per heavy atom. The number of carbonyl (C=O) groups is 2. The van der Waals surface area contributed by atoms with Crippen LogP contribution in [0, 0.1) is 5.92 Å². The van der Waals surface area contributed by atoms with E-state index >= 15 is 0 Å². The molecule has 1 amide bonds. The smallest absolute Gasteiger partial charge is 0.325 e. The number of likely N-dealkylation sites (tertiary alicyclic amines) is 1. The molecule has 0 radical (unpaired) electrons. The predicted octanol–water partition coefficient (Wildman–Crippen LogP) is 1.06. The van der Waals surface area contributed by atoms with Gasteiger partial charge in [0.05, 0.1) is 13.2 Å². The van der Waals surface area contributed by atoms with Gasteiger partial charge in [0.25, 0.3) is 0 Å². The minimum Gasteiger partial charge on any atom is -0.468 e. The molecule has 5 nitrogen and oxygen atoms in total. The predicted molar refractivity (Wildman–Crippen MR) is 71.3 cm³/mol. The standard InChI is InChI=1S/C14H24N2O3/c1-19-13(17)9-16-12(10-5-2-3-6-10)8-4-7-11(15)14(16)18/h10-12H,2-9,15H2,1H3/t11-,12+/m0/s1. The highest BCUT2D eigenvalue weighted by atomic mass is 16.5. The molecule has 2 rings (SSSR count). The summed E-state index contributed by atoms with van der Waals surface area (Å²) in [4.78, 5) is 25.6. The van der Waals surface area contributed by atoms with Crippen molar-refractivity contribution in [2.24, 2.45) is 11.7 Å². The van der Waals surface area contributed by atoms with Crippen molar-refractivity contribution in [2.75, 3.05) is 13.7 Å². The normalized spacial score (nSPS) is 29.4. The van der Waals surface area contributed by atoms with Gasteiger partial charge in [-0.25, -0.2) is 0 Å². The number of nitrogens with zero attached hydrogens (tertiary/aromatic N) is 1. The monoisotopic (exact) mass is 268 g/mol. The molecule has 0 bridgehead atoms.